The molecule has 0 spiro atoms. The minimum Gasteiger partial charge on any atom is -0.236 e. The Kier molecular flexibility index (Phi) is 7.22. The predicted molar refractivity (Wildman–Crippen MR) is 110 cm³/mol. The fourth-order valence-corrected chi connectivity index (χ4v) is 4.13. The van der Waals surface area contributed by atoms with E-state index >= 15 is 0 Å². The van der Waals surface area contributed by atoms with E-state index in [-0.39, 0.29) is 0 Å². The number of hydrogen-bond donors (Lipinski definition) is 0. The Balaban J connectivity index is 1.50. The Labute approximate surface area is 159 Å². The van der Waals surface area contributed by atoms with Gasteiger partial charge in [0.05, 0.1) is 0 Å². The van der Waals surface area contributed by atoms with Crippen LogP contribution in [0.25, 0.3) is 11.4 Å². The second-order valence-electron chi connectivity index (χ2n) is 8.05. The highest BCUT2D eigenvalue weighted by Crippen LogP contribution is 2.33. The van der Waals surface area contributed by atoms with Crippen LogP contribution in [0.3, 0.4) is 0 Å². The summed E-state index contributed by atoms with van der Waals surface area (Å²) < 4.78 is 0. The fraction of sp³-hybridized carbons (Fsp3) is 0.583. The van der Waals surface area contributed by atoms with Crippen LogP contribution in [-0.2, 0) is 12.8 Å². The van der Waals surface area contributed by atoms with E-state index < -0.39 is 0 Å². The lowest BCUT2D eigenvalue weighted by molar-refractivity contribution is 0.259. The van der Waals surface area contributed by atoms with Crippen molar-refractivity contribution in [2.45, 2.75) is 78.1 Å². The predicted octanol–water partition coefficient (Wildman–Crippen LogP) is 6.64. The van der Waals surface area contributed by atoms with Crippen LogP contribution in [0.1, 0.15) is 76.3 Å². The van der Waals surface area contributed by atoms with Gasteiger partial charge in [-0.1, -0.05) is 76.6 Å². The topological polar surface area (TPSA) is 25.8 Å². The molecular formula is C24H34N2. The van der Waals surface area contributed by atoms with E-state index in [4.69, 9.17) is 0 Å². The van der Waals surface area contributed by atoms with Crippen LogP contribution in [-0.4, -0.2) is 9.97 Å². The number of rotatable bonds is 8. The van der Waals surface area contributed by atoms with Crippen LogP contribution < -0.4 is 0 Å². The first-order valence-electron chi connectivity index (χ1n) is 10.7. The van der Waals surface area contributed by atoms with Crippen molar-refractivity contribution < 1.29 is 0 Å². The van der Waals surface area contributed by atoms with Crippen LogP contribution in [0, 0.1) is 11.8 Å². The van der Waals surface area contributed by atoms with E-state index in [0.29, 0.717) is 0 Å². The Bertz CT molecular complexity index is 637. The molecule has 2 heteroatoms. The molecule has 0 N–H and O–H groups in total. The molecule has 0 unspecified atom stereocenters. The average molecular weight is 351 g/mol. The number of hydrogen-bond acceptors (Lipinski definition) is 2. The maximum atomic E-state index is 4.55. The maximum Gasteiger partial charge on any atom is 0.159 e. The highest BCUT2D eigenvalue weighted by atomic mass is 14.9. The van der Waals surface area contributed by atoms with Gasteiger partial charge in [-0.3, -0.25) is 0 Å². The summed E-state index contributed by atoms with van der Waals surface area (Å²) in [6.45, 7) is 4.56. The van der Waals surface area contributed by atoms with Crippen molar-refractivity contribution in [3.8, 4) is 11.4 Å². The van der Waals surface area contributed by atoms with Crippen LogP contribution in [0.5, 0.6) is 0 Å². The monoisotopic (exact) mass is 350 g/mol. The molecule has 1 aliphatic carbocycles. The van der Waals surface area contributed by atoms with E-state index in [9.17, 15) is 0 Å². The van der Waals surface area contributed by atoms with Crippen molar-refractivity contribution in [3.05, 3.63) is 47.8 Å². The molecule has 1 heterocycles. The van der Waals surface area contributed by atoms with Gasteiger partial charge >= 0.3 is 0 Å². The Morgan fingerprint density at radius 1 is 0.808 bits per heavy atom. The average Bonchev–Trinajstić information content (AvgIpc) is 2.72. The first-order chi connectivity index (χ1) is 12.8. The number of aryl methyl sites for hydroxylation is 2. The van der Waals surface area contributed by atoms with Gasteiger partial charge in [-0.05, 0) is 48.6 Å². The zero-order valence-electron chi connectivity index (χ0n) is 16.6. The van der Waals surface area contributed by atoms with Crippen LogP contribution in [0.2, 0.25) is 0 Å². The van der Waals surface area contributed by atoms with Crippen molar-refractivity contribution in [1.29, 1.82) is 0 Å². The summed E-state index contributed by atoms with van der Waals surface area (Å²) in [7, 11) is 0. The lowest BCUT2D eigenvalue weighted by Gasteiger charge is -2.27. The highest BCUT2D eigenvalue weighted by molar-refractivity contribution is 5.55. The molecule has 1 saturated carbocycles. The largest absolute Gasteiger partial charge is 0.236 e. The van der Waals surface area contributed by atoms with E-state index in [2.05, 4.69) is 48.1 Å². The third kappa shape index (κ3) is 5.40. The van der Waals surface area contributed by atoms with Gasteiger partial charge in [0.15, 0.2) is 5.82 Å². The van der Waals surface area contributed by atoms with Crippen LogP contribution in [0.15, 0.2) is 36.7 Å². The van der Waals surface area contributed by atoms with E-state index in [1.54, 1.807) is 0 Å². The molecule has 1 fully saturated rings. The van der Waals surface area contributed by atoms with E-state index in [1.165, 1.54) is 68.9 Å². The van der Waals surface area contributed by atoms with Gasteiger partial charge in [0.25, 0.3) is 0 Å². The van der Waals surface area contributed by atoms with Gasteiger partial charge in [0.2, 0.25) is 0 Å². The van der Waals surface area contributed by atoms with Crippen molar-refractivity contribution in [3.63, 3.8) is 0 Å². The molecule has 1 aromatic heterocycles. The third-order valence-electron chi connectivity index (χ3n) is 6.12. The molecule has 0 saturated heterocycles. The molecule has 1 aliphatic rings. The molecule has 0 radical (unpaired) electrons. The normalized spacial score (nSPS) is 20.2. The number of aromatic nitrogens is 2. The Morgan fingerprint density at radius 3 is 2.08 bits per heavy atom. The van der Waals surface area contributed by atoms with E-state index in [1.807, 2.05) is 12.4 Å². The molecule has 0 aliphatic heterocycles. The van der Waals surface area contributed by atoms with Crippen molar-refractivity contribution in [1.82, 2.24) is 9.97 Å². The van der Waals surface area contributed by atoms with E-state index in [0.717, 1.165) is 29.6 Å². The summed E-state index contributed by atoms with van der Waals surface area (Å²) in [6, 6.07) is 8.90. The van der Waals surface area contributed by atoms with Crippen LogP contribution in [0.4, 0.5) is 0 Å². The van der Waals surface area contributed by atoms with Gasteiger partial charge in [-0.15, -0.1) is 0 Å². The van der Waals surface area contributed by atoms with Gasteiger partial charge in [-0.25, -0.2) is 9.97 Å². The minimum atomic E-state index is 0.842. The quantitative estimate of drug-likeness (QED) is 0.533. The molecule has 2 aromatic rings. The van der Waals surface area contributed by atoms with Gasteiger partial charge < -0.3 is 0 Å². The summed E-state index contributed by atoms with van der Waals surface area (Å²) in [5.41, 5.74) is 3.81. The van der Waals surface area contributed by atoms with Gasteiger partial charge in [0, 0.05) is 18.0 Å². The molecule has 1 aromatic carbocycles. The Morgan fingerprint density at radius 2 is 1.46 bits per heavy atom. The molecule has 3 rings (SSSR count). The first-order valence-corrected chi connectivity index (χ1v) is 10.7. The molecule has 140 valence electrons. The third-order valence-corrected chi connectivity index (χ3v) is 6.12. The Hall–Kier alpha value is -1.70. The maximum absolute atomic E-state index is 4.55. The SMILES string of the molecule is CCCCc1cnc(-c2ccc(CC[C@H]3CC[C@H](CC)CC3)cc2)nc1. The number of nitrogens with zero attached hydrogens (tertiary/aromatic N) is 2. The summed E-state index contributed by atoms with van der Waals surface area (Å²) in [5, 5.41) is 0. The molecule has 2 nitrogen and oxygen atoms in total. The first kappa shape index (κ1) is 19.1. The van der Waals surface area contributed by atoms with Crippen molar-refractivity contribution in [2.75, 3.05) is 0 Å². The highest BCUT2D eigenvalue weighted by Gasteiger charge is 2.19. The second kappa shape index (κ2) is 9.85. The second-order valence-corrected chi connectivity index (χ2v) is 8.05. The van der Waals surface area contributed by atoms with Crippen molar-refractivity contribution >= 4 is 0 Å². The molecular weight excluding hydrogens is 316 g/mol. The number of unbranched alkanes of at least 4 members (excludes halogenated alkanes) is 1. The van der Waals surface area contributed by atoms with Crippen molar-refractivity contribution in [2.24, 2.45) is 11.8 Å². The van der Waals surface area contributed by atoms with Crippen LogP contribution >= 0.6 is 0 Å². The molecule has 0 amide bonds. The lowest BCUT2D eigenvalue weighted by Crippen LogP contribution is -2.14. The summed E-state index contributed by atoms with van der Waals surface area (Å²) >= 11 is 0. The molecule has 26 heavy (non-hydrogen) atoms. The summed E-state index contributed by atoms with van der Waals surface area (Å²) in [5.74, 6) is 2.78. The van der Waals surface area contributed by atoms with Gasteiger partial charge in [-0.2, -0.15) is 0 Å². The minimum absolute atomic E-state index is 0.842. The molecule has 0 bridgehead atoms. The van der Waals surface area contributed by atoms with Gasteiger partial charge in [0.1, 0.15) is 0 Å². The fourth-order valence-electron chi connectivity index (χ4n) is 4.13. The zero-order valence-corrected chi connectivity index (χ0v) is 16.6. The summed E-state index contributed by atoms with van der Waals surface area (Å²) in [6.07, 6.45) is 17.2. The zero-order chi connectivity index (χ0) is 18.2. The smallest absolute Gasteiger partial charge is 0.159 e. The standard InChI is InChI=1S/C24H34N2/c1-3-5-6-22-17-25-24(26-18-22)23-15-13-21(14-16-23)12-11-20-9-7-19(4-2)8-10-20/h13-20H,3-12H2,1-2H3/t19-,20-. The lowest BCUT2D eigenvalue weighted by atomic mass is 9.78. The number of benzene rings is 1. The molecule has 0 atom stereocenters. The summed E-state index contributed by atoms with van der Waals surface area (Å²) in [4.78, 5) is 9.11.